The molecule has 2 heterocycles. The Hall–Kier alpha value is -3.91. The molecular formula is C37H51N5O3. The topological polar surface area (TPSA) is 86.8 Å². The Morgan fingerprint density at radius 3 is 2.22 bits per heavy atom. The molecule has 0 bridgehead atoms. The number of methoxy groups -OCH3 is 1. The first-order valence-corrected chi connectivity index (χ1v) is 16.3. The van der Waals surface area contributed by atoms with E-state index < -0.39 is 0 Å². The molecule has 8 heteroatoms. The average Bonchev–Trinajstić information content (AvgIpc) is 3.03. The lowest BCUT2D eigenvalue weighted by molar-refractivity contribution is 0.0933. The molecule has 242 valence electrons. The maximum Gasteiger partial charge on any atom is 0.251 e. The van der Waals surface area contributed by atoms with Crippen molar-refractivity contribution >= 4 is 17.5 Å². The number of pyridine rings is 1. The number of rotatable bonds is 13. The van der Waals surface area contributed by atoms with E-state index in [9.17, 15) is 9.59 Å². The van der Waals surface area contributed by atoms with Gasteiger partial charge >= 0.3 is 0 Å². The molecule has 3 aromatic rings. The van der Waals surface area contributed by atoms with Crippen LogP contribution in [0.1, 0.15) is 83.0 Å². The van der Waals surface area contributed by atoms with E-state index in [0.29, 0.717) is 42.2 Å². The number of anilines is 1. The molecule has 0 radical (unpaired) electrons. The molecular weight excluding hydrogens is 562 g/mol. The molecule has 45 heavy (non-hydrogen) atoms. The number of piperidine rings is 1. The van der Waals surface area contributed by atoms with Gasteiger partial charge in [0.15, 0.2) is 0 Å². The Bertz CT molecular complexity index is 1410. The Labute approximate surface area is 269 Å². The number of aryl methyl sites for hydroxylation is 3. The van der Waals surface area contributed by atoms with Crippen LogP contribution < -0.4 is 20.3 Å². The van der Waals surface area contributed by atoms with E-state index >= 15 is 0 Å². The molecule has 0 aliphatic carbocycles. The van der Waals surface area contributed by atoms with Crippen LogP contribution in [0.15, 0.2) is 54.9 Å². The Morgan fingerprint density at radius 1 is 0.956 bits per heavy atom. The van der Waals surface area contributed by atoms with Crippen LogP contribution in [0.2, 0.25) is 0 Å². The predicted molar refractivity (Wildman–Crippen MR) is 182 cm³/mol. The van der Waals surface area contributed by atoms with Crippen molar-refractivity contribution < 1.29 is 14.3 Å². The van der Waals surface area contributed by atoms with E-state index in [-0.39, 0.29) is 11.8 Å². The quantitative estimate of drug-likeness (QED) is 0.243. The number of hydrogen-bond acceptors (Lipinski definition) is 6. The second-order valence-electron chi connectivity index (χ2n) is 12.9. The standard InChI is InChI=1S/C37H51N5O3/c1-25(2)22-40-36(43)30-20-27(4)35(28(5)21-30)37(44)39-17-13-29(6)41-18-14-33(15-19-41)42(24-31-23-38-16-12-26(31)3)32-8-10-34(45-7)11-9-32/h8-12,16,20-21,23,25,29,33H,13-15,17-19,22,24H2,1-7H3,(H,39,44)(H,40,43). The van der Waals surface area contributed by atoms with Gasteiger partial charge < -0.3 is 25.2 Å². The third-order valence-corrected chi connectivity index (χ3v) is 9.00. The average molecular weight is 614 g/mol. The minimum absolute atomic E-state index is 0.0779. The number of benzene rings is 2. The number of ether oxygens (including phenoxy) is 1. The third kappa shape index (κ3) is 9.07. The van der Waals surface area contributed by atoms with Crippen molar-refractivity contribution in [1.82, 2.24) is 20.5 Å². The molecule has 1 atom stereocenters. The molecule has 1 unspecified atom stereocenters. The van der Waals surface area contributed by atoms with Crippen LogP contribution in [0.5, 0.6) is 5.75 Å². The van der Waals surface area contributed by atoms with Crippen LogP contribution in [0, 0.1) is 26.7 Å². The maximum atomic E-state index is 13.2. The lowest BCUT2D eigenvalue weighted by Crippen LogP contribution is -2.48. The number of likely N-dealkylation sites (tertiary alicyclic amines) is 1. The van der Waals surface area contributed by atoms with Gasteiger partial charge in [0.2, 0.25) is 0 Å². The number of hydrogen-bond donors (Lipinski definition) is 2. The van der Waals surface area contributed by atoms with E-state index in [0.717, 1.165) is 55.8 Å². The second-order valence-corrected chi connectivity index (χ2v) is 12.9. The van der Waals surface area contributed by atoms with Crippen LogP contribution in [0.4, 0.5) is 5.69 Å². The lowest BCUT2D eigenvalue weighted by atomic mass is 9.97. The number of nitrogens with zero attached hydrogens (tertiary/aromatic N) is 3. The van der Waals surface area contributed by atoms with Crippen LogP contribution in [-0.2, 0) is 6.54 Å². The summed E-state index contributed by atoms with van der Waals surface area (Å²) in [7, 11) is 1.70. The minimum Gasteiger partial charge on any atom is -0.497 e. The SMILES string of the molecule is COc1ccc(N(Cc2cnccc2C)C2CCN(C(C)CCNC(=O)c3c(C)cc(C(=O)NCC(C)C)cc3C)CC2)cc1. The zero-order valence-corrected chi connectivity index (χ0v) is 28.2. The molecule has 2 aromatic carbocycles. The molecule has 1 fully saturated rings. The zero-order valence-electron chi connectivity index (χ0n) is 28.2. The van der Waals surface area contributed by atoms with Crippen LogP contribution in [-0.4, -0.2) is 67.1 Å². The number of carbonyl (C=O) groups excluding carboxylic acids is 2. The second kappa shape index (κ2) is 15.9. The molecule has 1 aromatic heterocycles. The van der Waals surface area contributed by atoms with E-state index in [1.165, 1.54) is 16.8 Å². The third-order valence-electron chi connectivity index (χ3n) is 9.00. The van der Waals surface area contributed by atoms with E-state index in [4.69, 9.17) is 4.74 Å². The van der Waals surface area contributed by atoms with Gasteiger partial charge in [0.25, 0.3) is 11.8 Å². The summed E-state index contributed by atoms with van der Waals surface area (Å²) in [4.78, 5) is 35.2. The summed E-state index contributed by atoms with van der Waals surface area (Å²) in [5, 5.41) is 6.10. The molecule has 2 N–H and O–H groups in total. The number of nitrogens with one attached hydrogen (secondary N) is 2. The summed E-state index contributed by atoms with van der Waals surface area (Å²) >= 11 is 0. The molecule has 2 amide bonds. The molecule has 8 nitrogen and oxygen atoms in total. The lowest BCUT2D eigenvalue weighted by Gasteiger charge is -2.42. The van der Waals surface area contributed by atoms with Crippen molar-refractivity contribution in [2.45, 2.75) is 79.4 Å². The fourth-order valence-electron chi connectivity index (χ4n) is 6.21. The van der Waals surface area contributed by atoms with Gasteiger partial charge in [-0.05, 0) is 118 Å². The minimum atomic E-state index is -0.0984. The summed E-state index contributed by atoms with van der Waals surface area (Å²) in [6.45, 7) is 16.4. The maximum absolute atomic E-state index is 13.2. The summed E-state index contributed by atoms with van der Waals surface area (Å²) in [6, 6.07) is 14.9. The first-order chi connectivity index (χ1) is 21.6. The van der Waals surface area contributed by atoms with Crippen LogP contribution in [0.25, 0.3) is 0 Å². The first-order valence-electron chi connectivity index (χ1n) is 16.3. The molecule has 1 aliphatic rings. The summed E-state index contributed by atoms with van der Waals surface area (Å²) in [6.07, 6.45) is 6.85. The largest absolute Gasteiger partial charge is 0.497 e. The van der Waals surface area contributed by atoms with Crippen molar-refractivity contribution in [3.8, 4) is 5.75 Å². The molecule has 4 rings (SSSR count). The summed E-state index contributed by atoms with van der Waals surface area (Å²) in [5.41, 5.74) is 6.59. The monoisotopic (exact) mass is 613 g/mol. The van der Waals surface area contributed by atoms with Gasteiger partial charge in [0.05, 0.1) is 7.11 Å². The van der Waals surface area contributed by atoms with Crippen molar-refractivity contribution in [1.29, 1.82) is 0 Å². The Balaban J connectivity index is 1.31. The van der Waals surface area contributed by atoms with Crippen LogP contribution >= 0.6 is 0 Å². The summed E-state index contributed by atoms with van der Waals surface area (Å²) < 4.78 is 5.41. The van der Waals surface area contributed by atoms with E-state index in [1.54, 1.807) is 7.11 Å². The fourth-order valence-corrected chi connectivity index (χ4v) is 6.21. The van der Waals surface area contributed by atoms with Gasteiger partial charge in [-0.1, -0.05) is 13.8 Å². The molecule has 1 aliphatic heterocycles. The van der Waals surface area contributed by atoms with Gasteiger partial charge in [0.1, 0.15) is 5.75 Å². The van der Waals surface area contributed by atoms with Gasteiger partial charge in [-0.3, -0.25) is 14.6 Å². The molecule has 0 spiro atoms. The van der Waals surface area contributed by atoms with E-state index in [1.807, 2.05) is 50.5 Å². The van der Waals surface area contributed by atoms with Gasteiger partial charge in [-0.15, -0.1) is 0 Å². The number of aromatic nitrogens is 1. The van der Waals surface area contributed by atoms with Crippen molar-refractivity contribution in [2.75, 3.05) is 38.2 Å². The summed E-state index contributed by atoms with van der Waals surface area (Å²) in [5.74, 6) is 1.06. The number of carbonyl (C=O) groups is 2. The van der Waals surface area contributed by atoms with E-state index in [2.05, 4.69) is 71.3 Å². The zero-order chi connectivity index (χ0) is 32.5. The molecule has 0 saturated carbocycles. The Kier molecular flexibility index (Phi) is 12.0. The highest BCUT2D eigenvalue weighted by molar-refractivity contribution is 6.00. The van der Waals surface area contributed by atoms with Gasteiger partial charge in [-0.2, -0.15) is 0 Å². The number of amides is 2. The predicted octanol–water partition coefficient (Wildman–Crippen LogP) is 6.08. The van der Waals surface area contributed by atoms with Crippen molar-refractivity contribution in [3.63, 3.8) is 0 Å². The van der Waals surface area contributed by atoms with Gasteiger partial charge in [-0.25, -0.2) is 0 Å². The molecule has 1 saturated heterocycles. The van der Waals surface area contributed by atoms with Crippen LogP contribution in [0.3, 0.4) is 0 Å². The highest BCUT2D eigenvalue weighted by atomic mass is 16.5. The van der Waals surface area contributed by atoms with Crippen molar-refractivity contribution in [2.24, 2.45) is 5.92 Å². The normalized spacial score (nSPS) is 14.7. The van der Waals surface area contributed by atoms with Gasteiger partial charge in [0, 0.05) is 74.0 Å². The highest BCUT2D eigenvalue weighted by Gasteiger charge is 2.28. The first kappa shape index (κ1) is 34.0. The smallest absolute Gasteiger partial charge is 0.251 e. The Morgan fingerprint density at radius 2 is 1.62 bits per heavy atom. The van der Waals surface area contributed by atoms with Crippen molar-refractivity contribution in [3.05, 3.63) is 88.2 Å². The fraction of sp³-hybridized carbons (Fsp3) is 0.486. The highest BCUT2D eigenvalue weighted by Crippen LogP contribution is 2.29.